The van der Waals surface area contributed by atoms with Crippen molar-refractivity contribution in [3.63, 3.8) is 0 Å². The van der Waals surface area contributed by atoms with Crippen LogP contribution < -0.4 is 19.1 Å². The molecule has 0 bridgehead atoms. The van der Waals surface area contributed by atoms with Crippen LogP contribution in [0, 0.1) is 5.92 Å². The lowest BCUT2D eigenvalue weighted by Crippen LogP contribution is -2.22. The SMILES string of the molecule is COc1ccc(S(=O)Nc2ccc(N3CC[C@@H](C(=O)O)C3)c3ccccc23)c(OC)c1. The quantitative estimate of drug-likeness (QED) is 0.579. The van der Waals surface area contributed by atoms with Crippen molar-refractivity contribution in [3.05, 3.63) is 54.6 Å². The van der Waals surface area contributed by atoms with Crippen LogP contribution in [-0.4, -0.2) is 42.6 Å². The van der Waals surface area contributed by atoms with Gasteiger partial charge in [-0.25, -0.2) is 4.21 Å². The van der Waals surface area contributed by atoms with Crippen molar-refractivity contribution in [1.29, 1.82) is 0 Å². The van der Waals surface area contributed by atoms with Crippen LogP contribution in [0.1, 0.15) is 6.42 Å². The van der Waals surface area contributed by atoms with Gasteiger partial charge in [0.15, 0.2) is 11.0 Å². The highest BCUT2D eigenvalue weighted by molar-refractivity contribution is 7.86. The van der Waals surface area contributed by atoms with Gasteiger partial charge < -0.3 is 24.2 Å². The number of nitrogens with one attached hydrogen (secondary N) is 1. The topological polar surface area (TPSA) is 88.1 Å². The molecular weight excluding hydrogens is 416 g/mol. The number of nitrogens with zero attached hydrogens (tertiary/aromatic N) is 1. The number of methoxy groups -OCH3 is 2. The molecule has 1 aliphatic heterocycles. The van der Waals surface area contributed by atoms with E-state index >= 15 is 0 Å². The molecule has 8 heteroatoms. The second-order valence-electron chi connectivity index (χ2n) is 7.34. The second-order valence-corrected chi connectivity index (χ2v) is 8.52. The number of benzene rings is 3. The molecule has 31 heavy (non-hydrogen) atoms. The monoisotopic (exact) mass is 440 g/mol. The number of hydrogen-bond acceptors (Lipinski definition) is 5. The summed E-state index contributed by atoms with van der Waals surface area (Å²) in [5, 5.41) is 11.2. The molecule has 162 valence electrons. The predicted octanol–water partition coefficient (Wildman–Crippen LogP) is 3.90. The van der Waals surface area contributed by atoms with Gasteiger partial charge in [0.2, 0.25) is 0 Å². The third-order valence-electron chi connectivity index (χ3n) is 5.55. The Hall–Kier alpha value is -3.26. The van der Waals surface area contributed by atoms with Gasteiger partial charge in [0.05, 0.1) is 25.8 Å². The number of ether oxygens (including phenoxy) is 2. The fraction of sp³-hybridized carbons (Fsp3) is 0.261. The van der Waals surface area contributed by atoms with Gasteiger partial charge in [0.1, 0.15) is 16.4 Å². The van der Waals surface area contributed by atoms with Gasteiger partial charge in [-0.1, -0.05) is 24.3 Å². The molecule has 0 aliphatic carbocycles. The largest absolute Gasteiger partial charge is 0.497 e. The van der Waals surface area contributed by atoms with Crippen LogP contribution in [0.3, 0.4) is 0 Å². The third kappa shape index (κ3) is 4.16. The minimum atomic E-state index is -1.55. The fourth-order valence-electron chi connectivity index (χ4n) is 3.91. The van der Waals surface area contributed by atoms with E-state index in [-0.39, 0.29) is 5.92 Å². The molecule has 1 unspecified atom stereocenters. The van der Waals surface area contributed by atoms with Crippen LogP contribution in [0.15, 0.2) is 59.5 Å². The summed E-state index contributed by atoms with van der Waals surface area (Å²) in [6, 6.07) is 16.8. The summed E-state index contributed by atoms with van der Waals surface area (Å²) in [5.41, 5.74) is 1.71. The third-order valence-corrected chi connectivity index (χ3v) is 6.69. The molecule has 3 aromatic rings. The Labute approximate surface area is 183 Å². The van der Waals surface area contributed by atoms with Gasteiger partial charge in [-0.05, 0) is 30.7 Å². The number of fused-ring (bicyclic) bond motifs is 1. The summed E-state index contributed by atoms with van der Waals surface area (Å²) in [7, 11) is 1.54. The Morgan fingerprint density at radius 3 is 2.55 bits per heavy atom. The van der Waals surface area contributed by atoms with Crippen molar-refractivity contribution in [2.24, 2.45) is 5.92 Å². The Kier molecular flexibility index (Phi) is 5.99. The summed E-state index contributed by atoms with van der Waals surface area (Å²) < 4.78 is 26.8. The van der Waals surface area contributed by atoms with E-state index < -0.39 is 17.0 Å². The highest BCUT2D eigenvalue weighted by Crippen LogP contribution is 2.36. The van der Waals surface area contributed by atoms with E-state index in [0.717, 1.165) is 22.1 Å². The average molecular weight is 441 g/mol. The molecule has 7 nitrogen and oxygen atoms in total. The normalized spacial score (nSPS) is 16.8. The molecule has 1 heterocycles. The van der Waals surface area contributed by atoms with Crippen LogP contribution in [0.5, 0.6) is 11.5 Å². The van der Waals surface area contributed by atoms with Crippen molar-refractivity contribution in [2.45, 2.75) is 11.3 Å². The van der Waals surface area contributed by atoms with E-state index in [0.29, 0.717) is 35.9 Å². The summed E-state index contributed by atoms with van der Waals surface area (Å²) in [5.74, 6) is -0.0129. The minimum Gasteiger partial charge on any atom is -0.497 e. The van der Waals surface area contributed by atoms with Crippen molar-refractivity contribution in [3.8, 4) is 11.5 Å². The first-order valence-corrected chi connectivity index (χ1v) is 11.1. The van der Waals surface area contributed by atoms with E-state index in [4.69, 9.17) is 9.47 Å². The fourth-order valence-corrected chi connectivity index (χ4v) is 4.92. The van der Waals surface area contributed by atoms with Crippen LogP contribution in [-0.2, 0) is 15.8 Å². The van der Waals surface area contributed by atoms with Gasteiger partial charge in [0, 0.05) is 35.6 Å². The first-order chi connectivity index (χ1) is 15.0. The number of carboxylic acids is 1. The molecule has 2 atom stereocenters. The van der Waals surface area contributed by atoms with Crippen LogP contribution >= 0.6 is 0 Å². The van der Waals surface area contributed by atoms with Gasteiger partial charge >= 0.3 is 5.97 Å². The molecular formula is C23H24N2O5S. The predicted molar refractivity (Wildman–Crippen MR) is 121 cm³/mol. The van der Waals surface area contributed by atoms with Crippen molar-refractivity contribution in [1.82, 2.24) is 0 Å². The van der Waals surface area contributed by atoms with Crippen molar-refractivity contribution < 1.29 is 23.6 Å². The van der Waals surface area contributed by atoms with Crippen molar-refractivity contribution in [2.75, 3.05) is 36.9 Å². The van der Waals surface area contributed by atoms with Crippen LogP contribution in [0.4, 0.5) is 11.4 Å². The lowest BCUT2D eigenvalue weighted by atomic mass is 10.1. The number of rotatable bonds is 7. The Morgan fingerprint density at radius 1 is 1.10 bits per heavy atom. The number of hydrogen-bond donors (Lipinski definition) is 2. The molecule has 0 amide bonds. The molecule has 0 spiro atoms. The molecule has 4 rings (SSSR count). The summed E-state index contributed by atoms with van der Waals surface area (Å²) in [6.45, 7) is 1.18. The van der Waals surface area contributed by atoms with E-state index in [2.05, 4.69) is 9.62 Å². The molecule has 1 saturated heterocycles. The molecule has 2 N–H and O–H groups in total. The first-order valence-electron chi connectivity index (χ1n) is 9.91. The zero-order chi connectivity index (χ0) is 22.0. The molecule has 0 radical (unpaired) electrons. The van der Waals surface area contributed by atoms with Crippen molar-refractivity contribution >= 4 is 39.1 Å². The summed E-state index contributed by atoms with van der Waals surface area (Å²) in [6.07, 6.45) is 0.630. The number of carbonyl (C=O) groups is 1. The molecule has 1 fully saturated rings. The van der Waals surface area contributed by atoms with Gasteiger partial charge in [-0.15, -0.1) is 0 Å². The lowest BCUT2D eigenvalue weighted by molar-refractivity contribution is -0.140. The Balaban J connectivity index is 1.66. The zero-order valence-electron chi connectivity index (χ0n) is 17.3. The minimum absolute atomic E-state index is 0.355. The van der Waals surface area contributed by atoms with E-state index in [1.165, 1.54) is 7.11 Å². The van der Waals surface area contributed by atoms with Gasteiger partial charge in [-0.3, -0.25) is 4.79 Å². The van der Waals surface area contributed by atoms with Gasteiger partial charge in [0.25, 0.3) is 0 Å². The van der Waals surface area contributed by atoms with Crippen LogP contribution in [0.2, 0.25) is 0 Å². The Bertz CT molecular complexity index is 1150. The standard InChI is InChI=1S/C23H24N2O5S/c1-29-16-7-10-22(21(13-16)30-2)31(28)24-19-8-9-20(18-6-4-3-5-17(18)19)25-12-11-15(14-25)23(26)27/h3-10,13,15,24H,11-12,14H2,1-2H3,(H,26,27)/t15-,31?/m1/s1. The van der Waals surface area contributed by atoms with E-state index in [1.807, 2.05) is 36.4 Å². The number of carboxylic acid groups (broad SMARTS) is 1. The number of anilines is 2. The van der Waals surface area contributed by atoms with Gasteiger partial charge in [-0.2, -0.15) is 0 Å². The average Bonchev–Trinajstić information content (AvgIpc) is 3.29. The molecule has 0 saturated carbocycles. The molecule has 1 aliphatic rings. The first kappa shape index (κ1) is 21.0. The molecule has 0 aromatic heterocycles. The van der Waals surface area contributed by atoms with E-state index in [1.54, 1.807) is 25.3 Å². The number of aliphatic carboxylic acids is 1. The Morgan fingerprint density at radius 2 is 1.87 bits per heavy atom. The van der Waals surface area contributed by atoms with E-state index in [9.17, 15) is 14.1 Å². The second kappa shape index (κ2) is 8.85. The highest BCUT2D eigenvalue weighted by atomic mass is 32.2. The highest BCUT2D eigenvalue weighted by Gasteiger charge is 2.29. The summed E-state index contributed by atoms with van der Waals surface area (Å²) >= 11 is 0. The van der Waals surface area contributed by atoms with Crippen LogP contribution in [0.25, 0.3) is 10.8 Å². The maximum Gasteiger partial charge on any atom is 0.308 e. The summed E-state index contributed by atoms with van der Waals surface area (Å²) in [4.78, 5) is 14.0. The lowest BCUT2D eigenvalue weighted by Gasteiger charge is -2.22. The smallest absolute Gasteiger partial charge is 0.308 e. The zero-order valence-corrected chi connectivity index (χ0v) is 18.1. The maximum absolute atomic E-state index is 13.1. The maximum atomic E-state index is 13.1. The molecule has 3 aromatic carbocycles.